The fourth-order valence-electron chi connectivity index (χ4n) is 2.95. The van der Waals surface area contributed by atoms with Gasteiger partial charge >= 0.3 is 11.9 Å². The minimum absolute atomic E-state index is 0.0623. The Morgan fingerprint density at radius 2 is 1.32 bits per heavy atom. The summed E-state index contributed by atoms with van der Waals surface area (Å²) in [5.74, 6) is -6.58. The molecule has 0 fully saturated rings. The van der Waals surface area contributed by atoms with Crippen molar-refractivity contribution in [3.8, 4) is 0 Å². The van der Waals surface area contributed by atoms with E-state index in [1.807, 2.05) is 0 Å². The minimum Gasteiger partial charge on any atom is -0.481 e. The highest BCUT2D eigenvalue weighted by Gasteiger charge is 2.32. The summed E-state index contributed by atoms with van der Waals surface area (Å²) in [7, 11) is 0. The topological polar surface area (TPSA) is 257 Å². The highest BCUT2D eigenvalue weighted by atomic mass is 16.4. The van der Waals surface area contributed by atoms with Crippen LogP contribution in [-0.4, -0.2) is 76.5 Å². The molecule has 0 bridgehead atoms. The van der Waals surface area contributed by atoms with Crippen molar-refractivity contribution in [2.45, 2.75) is 76.5 Å². The molecule has 0 aliphatic rings. The Kier molecular flexibility index (Phi) is 14.1. The SMILES string of the molecule is CC(C)CC(NC(=O)C(CC(N)=O)NC(=O)C(N)CCCCN)C(=O)NC(CC(=O)O)C(=O)O. The second kappa shape index (κ2) is 15.6. The lowest BCUT2D eigenvalue weighted by atomic mass is 10.0. The van der Waals surface area contributed by atoms with E-state index in [1.165, 1.54) is 0 Å². The fraction of sp³-hybridized carbons (Fsp3) is 0.700. The quantitative estimate of drug-likeness (QED) is 0.0988. The number of unbranched alkanes of at least 4 members (excludes halogenated alkanes) is 1. The van der Waals surface area contributed by atoms with Gasteiger partial charge in [0.2, 0.25) is 23.6 Å². The van der Waals surface area contributed by atoms with Gasteiger partial charge in [0.25, 0.3) is 0 Å². The van der Waals surface area contributed by atoms with Gasteiger partial charge in [-0.2, -0.15) is 0 Å². The first kappa shape index (κ1) is 30.7. The van der Waals surface area contributed by atoms with Gasteiger partial charge in [0.05, 0.1) is 18.9 Å². The molecule has 0 heterocycles. The van der Waals surface area contributed by atoms with E-state index in [0.717, 1.165) is 0 Å². The van der Waals surface area contributed by atoms with Crippen molar-refractivity contribution in [1.29, 1.82) is 0 Å². The number of primary amides is 1. The molecule has 0 spiro atoms. The first-order chi connectivity index (χ1) is 15.8. The number of carboxylic acid groups (broad SMARTS) is 2. The molecule has 0 aromatic heterocycles. The van der Waals surface area contributed by atoms with Crippen LogP contribution < -0.4 is 33.2 Å². The monoisotopic (exact) mass is 488 g/mol. The molecule has 4 amide bonds. The van der Waals surface area contributed by atoms with Crippen molar-refractivity contribution in [3.05, 3.63) is 0 Å². The van der Waals surface area contributed by atoms with Crippen LogP contribution in [0.2, 0.25) is 0 Å². The number of carboxylic acids is 2. The van der Waals surface area contributed by atoms with Crippen molar-refractivity contribution >= 4 is 35.6 Å². The van der Waals surface area contributed by atoms with Crippen LogP contribution in [0.15, 0.2) is 0 Å². The average Bonchev–Trinajstić information content (AvgIpc) is 2.71. The maximum atomic E-state index is 12.8. The standard InChI is InChI=1S/C20H36N6O8/c1-10(2)7-12(18(31)26-14(20(33)34)9-16(28)29)25-19(32)13(8-15(23)27)24-17(30)11(22)5-3-4-6-21/h10-14H,3-9,21-22H2,1-2H3,(H2,23,27)(H,24,30)(H,25,32)(H,26,31)(H,28,29)(H,33,34). The molecule has 4 atom stereocenters. The van der Waals surface area contributed by atoms with E-state index in [0.29, 0.717) is 25.8 Å². The van der Waals surface area contributed by atoms with E-state index in [-0.39, 0.29) is 12.3 Å². The van der Waals surface area contributed by atoms with E-state index in [4.69, 9.17) is 27.4 Å². The van der Waals surface area contributed by atoms with Gasteiger partial charge in [-0.1, -0.05) is 20.3 Å². The Hall–Kier alpha value is -3.26. The summed E-state index contributed by atoms with van der Waals surface area (Å²) in [6.45, 7) is 3.90. The molecule has 0 radical (unpaired) electrons. The van der Waals surface area contributed by atoms with Crippen LogP contribution in [0.4, 0.5) is 0 Å². The first-order valence-electron chi connectivity index (χ1n) is 10.9. The summed E-state index contributed by atoms with van der Waals surface area (Å²) in [6, 6.07) is -5.38. The highest BCUT2D eigenvalue weighted by Crippen LogP contribution is 2.08. The third-order valence-electron chi connectivity index (χ3n) is 4.68. The van der Waals surface area contributed by atoms with Crippen LogP contribution in [0.1, 0.15) is 52.4 Å². The summed E-state index contributed by atoms with van der Waals surface area (Å²) < 4.78 is 0. The summed E-state index contributed by atoms with van der Waals surface area (Å²) >= 11 is 0. The molecule has 0 saturated carbocycles. The zero-order valence-electron chi connectivity index (χ0n) is 19.4. The molecular weight excluding hydrogens is 452 g/mol. The third kappa shape index (κ3) is 12.7. The molecule has 34 heavy (non-hydrogen) atoms. The van der Waals surface area contributed by atoms with Gasteiger partial charge in [-0.25, -0.2) is 4.79 Å². The molecule has 0 saturated heterocycles. The summed E-state index contributed by atoms with van der Waals surface area (Å²) in [6.07, 6.45) is 0.151. The summed E-state index contributed by atoms with van der Waals surface area (Å²) in [5.41, 5.74) is 16.4. The number of aliphatic carboxylic acids is 2. The van der Waals surface area contributed by atoms with Crippen LogP contribution in [0, 0.1) is 5.92 Å². The molecule has 4 unspecified atom stereocenters. The summed E-state index contributed by atoms with van der Waals surface area (Å²) in [4.78, 5) is 71.4. The number of carbonyl (C=O) groups excluding carboxylic acids is 4. The molecule has 0 aromatic carbocycles. The molecule has 0 aliphatic heterocycles. The Morgan fingerprint density at radius 3 is 1.79 bits per heavy atom. The molecule has 0 aliphatic carbocycles. The van der Waals surface area contributed by atoms with Crippen molar-refractivity contribution in [1.82, 2.24) is 16.0 Å². The van der Waals surface area contributed by atoms with Gasteiger partial charge in [0.1, 0.15) is 18.1 Å². The molecule has 0 aromatic rings. The maximum Gasteiger partial charge on any atom is 0.326 e. The number of hydrogen-bond acceptors (Lipinski definition) is 8. The number of carbonyl (C=O) groups is 6. The van der Waals surface area contributed by atoms with Gasteiger partial charge in [-0.05, 0) is 31.7 Å². The molecular formula is C20H36N6O8. The van der Waals surface area contributed by atoms with Crippen molar-refractivity contribution in [2.24, 2.45) is 23.1 Å². The van der Waals surface area contributed by atoms with E-state index in [1.54, 1.807) is 13.8 Å². The predicted octanol–water partition coefficient (Wildman–Crippen LogP) is -2.62. The van der Waals surface area contributed by atoms with Crippen LogP contribution in [0.3, 0.4) is 0 Å². The van der Waals surface area contributed by atoms with Crippen LogP contribution in [-0.2, 0) is 28.8 Å². The molecule has 14 nitrogen and oxygen atoms in total. The highest BCUT2D eigenvalue weighted by molar-refractivity contribution is 5.96. The van der Waals surface area contributed by atoms with Crippen LogP contribution in [0.5, 0.6) is 0 Å². The smallest absolute Gasteiger partial charge is 0.326 e. The zero-order valence-corrected chi connectivity index (χ0v) is 19.4. The van der Waals surface area contributed by atoms with Crippen LogP contribution in [0.25, 0.3) is 0 Å². The Morgan fingerprint density at radius 1 is 0.794 bits per heavy atom. The third-order valence-corrected chi connectivity index (χ3v) is 4.68. The van der Waals surface area contributed by atoms with Crippen molar-refractivity contribution < 1.29 is 39.0 Å². The Bertz CT molecular complexity index is 745. The first-order valence-corrected chi connectivity index (χ1v) is 10.9. The lowest BCUT2D eigenvalue weighted by Gasteiger charge is -2.25. The largest absolute Gasteiger partial charge is 0.481 e. The molecule has 11 N–H and O–H groups in total. The van der Waals surface area contributed by atoms with Gasteiger partial charge in [-0.3, -0.25) is 24.0 Å². The summed E-state index contributed by atoms with van der Waals surface area (Å²) in [5, 5.41) is 24.8. The van der Waals surface area contributed by atoms with Gasteiger partial charge < -0.3 is 43.4 Å². The Balaban J connectivity index is 5.46. The minimum atomic E-state index is -1.72. The molecule has 194 valence electrons. The van der Waals surface area contributed by atoms with Crippen molar-refractivity contribution in [2.75, 3.05) is 6.54 Å². The second-order valence-electron chi connectivity index (χ2n) is 8.31. The zero-order chi connectivity index (χ0) is 26.4. The Labute approximate surface area is 197 Å². The van der Waals surface area contributed by atoms with E-state index in [9.17, 15) is 28.8 Å². The van der Waals surface area contributed by atoms with Gasteiger partial charge in [-0.15, -0.1) is 0 Å². The van der Waals surface area contributed by atoms with Gasteiger partial charge in [0, 0.05) is 0 Å². The lowest BCUT2D eigenvalue weighted by molar-refractivity contribution is -0.147. The lowest BCUT2D eigenvalue weighted by Crippen LogP contribution is -2.58. The fourth-order valence-corrected chi connectivity index (χ4v) is 2.95. The number of nitrogens with two attached hydrogens (primary N) is 3. The van der Waals surface area contributed by atoms with E-state index >= 15 is 0 Å². The predicted molar refractivity (Wildman–Crippen MR) is 120 cm³/mol. The maximum absolute atomic E-state index is 12.8. The van der Waals surface area contributed by atoms with Crippen molar-refractivity contribution in [3.63, 3.8) is 0 Å². The average molecular weight is 489 g/mol. The number of rotatable bonds is 17. The molecule has 0 rings (SSSR count). The second-order valence-corrected chi connectivity index (χ2v) is 8.31. The molecule has 14 heteroatoms. The number of nitrogens with one attached hydrogen (secondary N) is 3. The number of amides is 4. The number of hydrogen-bond donors (Lipinski definition) is 8. The van der Waals surface area contributed by atoms with Gasteiger partial charge in [0.15, 0.2) is 0 Å². The normalized spacial score (nSPS) is 14.4. The van der Waals surface area contributed by atoms with E-state index in [2.05, 4.69) is 16.0 Å². The van der Waals surface area contributed by atoms with E-state index < -0.39 is 72.6 Å². The van der Waals surface area contributed by atoms with Crippen LogP contribution >= 0.6 is 0 Å².